The van der Waals surface area contributed by atoms with Gasteiger partial charge in [0.1, 0.15) is 0 Å². The van der Waals surface area contributed by atoms with Crippen molar-refractivity contribution < 1.29 is 0 Å². The van der Waals surface area contributed by atoms with Gasteiger partial charge in [-0.25, -0.2) is 0 Å². The van der Waals surface area contributed by atoms with Crippen LogP contribution in [0.25, 0.3) is 83.3 Å². The molecular weight excluding hydrogens is 619 g/mol. The minimum Gasteiger partial charge on any atom is -0.316 e. The average Bonchev–Trinajstić information content (AvgIpc) is 3.70. The van der Waals surface area contributed by atoms with Crippen LogP contribution in [0.15, 0.2) is 170 Å². The van der Waals surface area contributed by atoms with Crippen molar-refractivity contribution >= 4 is 55.4 Å². The Hall–Kier alpha value is -6.89. The number of nitriles is 1. The van der Waals surface area contributed by atoms with Gasteiger partial charge in [-0.3, -0.25) is 0 Å². The van der Waals surface area contributed by atoms with Crippen LogP contribution in [0.2, 0.25) is 0 Å². The van der Waals surface area contributed by atoms with Gasteiger partial charge >= 0.3 is 0 Å². The highest BCUT2D eigenvalue weighted by Crippen LogP contribution is 2.40. The summed E-state index contributed by atoms with van der Waals surface area (Å²) < 4.78 is 4.58. The van der Waals surface area contributed by atoms with Crippen molar-refractivity contribution in [3.8, 4) is 34.0 Å². The minimum atomic E-state index is 0.652. The van der Waals surface area contributed by atoms with Crippen molar-refractivity contribution in [3.63, 3.8) is 0 Å². The maximum Gasteiger partial charge on any atom is 0.0992 e. The number of allylic oxidation sites excluding steroid dienone is 3. The monoisotopic (exact) mass is 649 g/mol. The molecule has 0 spiro atoms. The predicted molar refractivity (Wildman–Crippen MR) is 213 cm³/mol. The first kappa shape index (κ1) is 29.1. The maximum atomic E-state index is 9.58. The summed E-state index contributed by atoms with van der Waals surface area (Å²) in [6.45, 7) is 0. The van der Waals surface area contributed by atoms with Gasteiger partial charge in [0.15, 0.2) is 0 Å². The standard InChI is InChI=1S/C48H31N3/c49-31-32-11-9-14-37(27-32)51-47-21-8-6-19-42(47)44-30-34(23-25-48(44)51)33-22-24-46-43(29-33)41-18-5-7-20-45(41)50(46)26-10-13-36-28-35-12-1-2-15-38(35)40-17-4-3-16-39(36)40/h1-27,29-30H,28H2/b26-10+,36-13+. The highest BCUT2D eigenvalue weighted by molar-refractivity contribution is 6.12. The van der Waals surface area contributed by atoms with E-state index in [2.05, 4.69) is 173 Å². The van der Waals surface area contributed by atoms with Gasteiger partial charge in [-0.1, -0.05) is 109 Å². The number of hydrogen-bond donors (Lipinski definition) is 0. The third-order valence-corrected chi connectivity index (χ3v) is 10.4. The van der Waals surface area contributed by atoms with E-state index in [9.17, 15) is 5.26 Å². The van der Waals surface area contributed by atoms with Crippen molar-refractivity contribution in [2.45, 2.75) is 6.42 Å². The van der Waals surface area contributed by atoms with Crippen molar-refractivity contribution in [1.29, 1.82) is 5.26 Å². The first-order chi connectivity index (χ1) is 25.2. The molecule has 0 N–H and O–H groups in total. The number of para-hydroxylation sites is 2. The molecule has 0 bridgehead atoms. The molecule has 3 heteroatoms. The van der Waals surface area contributed by atoms with Crippen LogP contribution in [0.1, 0.15) is 16.7 Å². The van der Waals surface area contributed by atoms with Gasteiger partial charge in [0.05, 0.1) is 33.7 Å². The van der Waals surface area contributed by atoms with Gasteiger partial charge < -0.3 is 9.13 Å². The van der Waals surface area contributed by atoms with Gasteiger partial charge in [0.25, 0.3) is 0 Å². The summed E-state index contributed by atoms with van der Waals surface area (Å²) >= 11 is 0. The Kier molecular flexibility index (Phi) is 6.62. The number of fused-ring (bicyclic) bond motifs is 9. The fourth-order valence-corrected chi connectivity index (χ4v) is 8.12. The second kappa shape index (κ2) is 11.6. The van der Waals surface area contributed by atoms with E-state index in [0.29, 0.717) is 5.56 Å². The Labute approximate surface area is 295 Å². The molecule has 0 amide bonds. The third kappa shape index (κ3) is 4.65. The molecule has 0 atom stereocenters. The largest absolute Gasteiger partial charge is 0.316 e. The maximum absolute atomic E-state index is 9.58. The lowest BCUT2D eigenvalue weighted by Crippen LogP contribution is -2.02. The Morgan fingerprint density at radius 3 is 1.92 bits per heavy atom. The molecule has 0 fully saturated rings. The Bertz CT molecular complexity index is 2960. The van der Waals surface area contributed by atoms with E-state index in [1.54, 1.807) is 0 Å². The zero-order valence-electron chi connectivity index (χ0n) is 27.8. The summed E-state index contributed by atoms with van der Waals surface area (Å²) in [4.78, 5) is 0. The second-order valence-corrected chi connectivity index (χ2v) is 13.3. The number of aromatic nitrogens is 2. The van der Waals surface area contributed by atoms with Crippen molar-refractivity contribution in [1.82, 2.24) is 9.13 Å². The van der Waals surface area contributed by atoms with Crippen LogP contribution in [0.4, 0.5) is 0 Å². The van der Waals surface area contributed by atoms with Gasteiger partial charge in [0, 0.05) is 33.4 Å². The Balaban J connectivity index is 1.07. The quantitative estimate of drug-likeness (QED) is 0.187. The molecule has 0 aliphatic heterocycles. The molecule has 51 heavy (non-hydrogen) atoms. The van der Waals surface area contributed by atoms with E-state index in [1.165, 1.54) is 71.5 Å². The topological polar surface area (TPSA) is 33.6 Å². The van der Waals surface area contributed by atoms with E-state index in [4.69, 9.17) is 0 Å². The summed E-state index contributed by atoms with van der Waals surface area (Å²) in [6, 6.07) is 58.4. The highest BCUT2D eigenvalue weighted by atomic mass is 15.0. The van der Waals surface area contributed by atoms with Crippen molar-refractivity contribution in [2.24, 2.45) is 0 Å². The molecule has 1 aliphatic carbocycles. The Morgan fingerprint density at radius 2 is 1.12 bits per heavy atom. The summed E-state index contributed by atoms with van der Waals surface area (Å²) in [5.41, 5.74) is 15.3. The van der Waals surface area contributed by atoms with Crippen molar-refractivity contribution in [3.05, 3.63) is 187 Å². The zero-order chi connectivity index (χ0) is 33.9. The van der Waals surface area contributed by atoms with E-state index in [1.807, 2.05) is 18.2 Å². The summed E-state index contributed by atoms with van der Waals surface area (Å²) in [5, 5.41) is 14.4. The van der Waals surface area contributed by atoms with Crippen LogP contribution in [0.3, 0.4) is 0 Å². The zero-order valence-corrected chi connectivity index (χ0v) is 27.8. The predicted octanol–water partition coefficient (Wildman–Crippen LogP) is 12.2. The molecular formula is C48H31N3. The van der Waals surface area contributed by atoms with E-state index >= 15 is 0 Å². The molecule has 9 aromatic rings. The molecule has 1 aliphatic rings. The van der Waals surface area contributed by atoms with Gasteiger partial charge in [-0.2, -0.15) is 5.26 Å². The van der Waals surface area contributed by atoms with Crippen LogP contribution < -0.4 is 0 Å². The van der Waals surface area contributed by atoms with Crippen molar-refractivity contribution in [2.75, 3.05) is 0 Å². The SMILES string of the molecule is N#Cc1cccc(-n2c3ccccc3c3cc(-c4ccc5c(c4)c4ccccc4n5/C=C/C=C4\Cc5ccccc5-c5ccccc54)ccc32)c1. The third-order valence-electron chi connectivity index (χ3n) is 10.4. The molecule has 0 saturated heterocycles. The van der Waals surface area contributed by atoms with Crippen LogP contribution in [-0.4, -0.2) is 9.13 Å². The van der Waals surface area contributed by atoms with E-state index < -0.39 is 0 Å². The number of benzene rings is 7. The minimum absolute atomic E-state index is 0.652. The molecule has 10 rings (SSSR count). The molecule has 2 heterocycles. The lowest BCUT2D eigenvalue weighted by molar-refractivity contribution is 1.18. The average molecular weight is 650 g/mol. The van der Waals surface area contributed by atoms with Gasteiger partial charge in [-0.15, -0.1) is 0 Å². The Morgan fingerprint density at radius 1 is 0.510 bits per heavy atom. The molecule has 0 unspecified atom stereocenters. The fraction of sp³-hybridized carbons (Fsp3) is 0.0208. The number of hydrogen-bond acceptors (Lipinski definition) is 1. The fourth-order valence-electron chi connectivity index (χ4n) is 8.12. The van der Waals surface area contributed by atoms with Crippen LogP contribution in [0.5, 0.6) is 0 Å². The molecule has 2 aromatic heterocycles. The van der Waals surface area contributed by atoms with Gasteiger partial charge in [0.2, 0.25) is 0 Å². The lowest BCUT2D eigenvalue weighted by Gasteiger charge is -2.22. The first-order valence-corrected chi connectivity index (χ1v) is 17.4. The molecule has 3 nitrogen and oxygen atoms in total. The molecule has 238 valence electrons. The summed E-state index contributed by atoms with van der Waals surface area (Å²) in [7, 11) is 0. The molecule has 7 aromatic carbocycles. The van der Waals surface area contributed by atoms with Gasteiger partial charge in [-0.05, 0) is 106 Å². The molecule has 0 radical (unpaired) electrons. The lowest BCUT2D eigenvalue weighted by atomic mass is 9.82. The summed E-state index contributed by atoms with van der Waals surface area (Å²) in [6.07, 6.45) is 7.62. The highest BCUT2D eigenvalue weighted by Gasteiger charge is 2.19. The number of nitrogens with zero attached hydrogens (tertiary/aromatic N) is 3. The normalized spacial score (nSPS) is 13.4. The van der Waals surface area contributed by atoms with E-state index in [-0.39, 0.29) is 0 Å². The van der Waals surface area contributed by atoms with Crippen LogP contribution >= 0.6 is 0 Å². The first-order valence-electron chi connectivity index (χ1n) is 17.4. The van der Waals surface area contributed by atoms with Crippen LogP contribution in [-0.2, 0) is 6.42 Å². The second-order valence-electron chi connectivity index (χ2n) is 13.3. The van der Waals surface area contributed by atoms with Crippen LogP contribution in [0, 0.1) is 11.3 Å². The summed E-state index contributed by atoms with van der Waals surface area (Å²) in [5.74, 6) is 0. The molecule has 0 saturated carbocycles. The number of rotatable bonds is 4. The van der Waals surface area contributed by atoms with E-state index in [0.717, 1.165) is 23.1 Å². The smallest absolute Gasteiger partial charge is 0.0992 e.